The van der Waals surface area contributed by atoms with E-state index in [1.165, 1.54) is 5.06 Å². The second-order valence-electron chi connectivity index (χ2n) is 4.63. The maximum atomic E-state index is 12.2. The Bertz CT molecular complexity index is 494. The maximum absolute atomic E-state index is 12.2. The Morgan fingerprint density at radius 1 is 1.42 bits per heavy atom. The number of amides is 1. The van der Waals surface area contributed by atoms with Crippen LogP contribution in [0.15, 0.2) is 43.0 Å². The minimum Gasteiger partial charge on any atom is -0.271 e. The van der Waals surface area contributed by atoms with Crippen LogP contribution in [0.3, 0.4) is 0 Å². The van der Waals surface area contributed by atoms with Crippen LogP contribution in [0.4, 0.5) is 0 Å². The Labute approximate surface area is 114 Å². The van der Waals surface area contributed by atoms with Crippen LogP contribution in [0.1, 0.15) is 19.4 Å². The monoisotopic (exact) mass is 257 g/mol. The Balaban J connectivity index is 2.78. The number of carbonyl (C=O) groups excluding carboxylic acids is 1. The predicted molar refractivity (Wildman–Crippen MR) is 76.0 cm³/mol. The van der Waals surface area contributed by atoms with E-state index in [1.54, 1.807) is 27.0 Å². The molecule has 0 heterocycles. The summed E-state index contributed by atoms with van der Waals surface area (Å²) < 4.78 is 0. The van der Waals surface area contributed by atoms with Gasteiger partial charge in [-0.15, -0.1) is 6.58 Å². The summed E-state index contributed by atoms with van der Waals surface area (Å²) in [6, 6.07) is 9.58. The van der Waals surface area contributed by atoms with Crippen molar-refractivity contribution in [2.75, 3.05) is 13.7 Å². The molecule has 1 rings (SSSR count). The molecule has 0 saturated heterocycles. The second kappa shape index (κ2) is 6.77. The van der Waals surface area contributed by atoms with E-state index in [-0.39, 0.29) is 5.91 Å². The van der Waals surface area contributed by atoms with Gasteiger partial charge in [-0.25, -0.2) is 5.06 Å². The van der Waals surface area contributed by atoms with Crippen LogP contribution >= 0.6 is 0 Å². The van der Waals surface area contributed by atoms with Crippen molar-refractivity contribution in [1.29, 1.82) is 0 Å². The van der Waals surface area contributed by atoms with E-state index in [1.807, 2.05) is 30.3 Å². The van der Waals surface area contributed by atoms with Gasteiger partial charge in [0.1, 0.15) is 5.41 Å². The Morgan fingerprint density at radius 2 is 2.05 bits per heavy atom. The van der Waals surface area contributed by atoms with Gasteiger partial charge in [0, 0.05) is 12.6 Å². The summed E-state index contributed by atoms with van der Waals surface area (Å²) in [6.07, 6.45) is 1.59. The molecule has 3 nitrogen and oxygen atoms in total. The number of hydrogen-bond acceptors (Lipinski definition) is 2. The molecule has 0 aliphatic heterocycles. The first-order valence-electron chi connectivity index (χ1n) is 6.07. The van der Waals surface area contributed by atoms with E-state index in [0.717, 1.165) is 5.56 Å². The van der Waals surface area contributed by atoms with Gasteiger partial charge in [-0.1, -0.05) is 36.1 Å². The molecule has 1 aromatic carbocycles. The number of rotatable bonds is 4. The molecule has 0 bridgehead atoms. The molecule has 19 heavy (non-hydrogen) atoms. The van der Waals surface area contributed by atoms with Gasteiger partial charge in [0.2, 0.25) is 0 Å². The number of carbonyl (C=O) groups is 1. The first-order chi connectivity index (χ1) is 8.97. The molecule has 1 amide bonds. The molecule has 0 unspecified atom stereocenters. The molecular formula is C16H19NO2. The summed E-state index contributed by atoms with van der Waals surface area (Å²) >= 11 is 0. The third-order valence-electron chi connectivity index (χ3n) is 2.50. The summed E-state index contributed by atoms with van der Waals surface area (Å²) in [6.45, 7) is 7.39. The highest BCUT2D eigenvalue weighted by Gasteiger charge is 2.29. The smallest absolute Gasteiger partial charge is 0.263 e. The molecule has 0 spiro atoms. The van der Waals surface area contributed by atoms with Crippen LogP contribution in [0.2, 0.25) is 0 Å². The quantitative estimate of drug-likeness (QED) is 0.471. The van der Waals surface area contributed by atoms with Crippen LogP contribution in [-0.2, 0) is 9.63 Å². The van der Waals surface area contributed by atoms with E-state index < -0.39 is 5.41 Å². The van der Waals surface area contributed by atoms with Gasteiger partial charge in [-0.2, -0.15) is 0 Å². The normalized spacial score (nSPS) is 10.3. The van der Waals surface area contributed by atoms with Crippen LogP contribution in [0.25, 0.3) is 0 Å². The standard InChI is InChI=1S/C16H19NO2/c1-5-13-19-17(4)15(18)16(2,3)12-11-14-9-7-6-8-10-14/h5-10H,1,13H2,2-4H3. The summed E-state index contributed by atoms with van der Waals surface area (Å²) in [5.74, 6) is 5.81. The second-order valence-corrected chi connectivity index (χ2v) is 4.63. The fourth-order valence-electron chi connectivity index (χ4n) is 1.42. The molecule has 3 heteroatoms. The molecule has 0 fully saturated rings. The van der Waals surface area contributed by atoms with Crippen molar-refractivity contribution in [2.45, 2.75) is 13.8 Å². The molecule has 0 saturated carbocycles. The van der Waals surface area contributed by atoms with Crippen molar-refractivity contribution in [2.24, 2.45) is 5.41 Å². The van der Waals surface area contributed by atoms with Gasteiger partial charge in [-0.3, -0.25) is 9.63 Å². The predicted octanol–water partition coefficient (Wildman–Crippen LogP) is 2.64. The fourth-order valence-corrected chi connectivity index (χ4v) is 1.42. The van der Waals surface area contributed by atoms with Crippen LogP contribution in [-0.4, -0.2) is 24.6 Å². The number of nitrogens with zero attached hydrogens (tertiary/aromatic N) is 1. The third-order valence-corrected chi connectivity index (χ3v) is 2.50. The SMILES string of the molecule is C=CCON(C)C(=O)C(C)(C)C#Cc1ccccc1. The molecule has 0 atom stereocenters. The minimum absolute atomic E-state index is 0.183. The first-order valence-corrected chi connectivity index (χ1v) is 6.07. The zero-order chi connectivity index (χ0) is 14.3. The summed E-state index contributed by atoms with van der Waals surface area (Å²) in [4.78, 5) is 17.3. The molecule has 0 aromatic heterocycles. The highest BCUT2D eigenvalue weighted by molar-refractivity contribution is 5.84. The fraction of sp³-hybridized carbons (Fsp3) is 0.312. The Hall–Kier alpha value is -2.05. The van der Waals surface area contributed by atoms with E-state index in [0.29, 0.717) is 6.61 Å². The first kappa shape index (κ1) is 15.0. The molecule has 0 aliphatic rings. The average Bonchev–Trinajstić information content (AvgIpc) is 2.43. The molecule has 0 radical (unpaired) electrons. The van der Waals surface area contributed by atoms with E-state index in [4.69, 9.17) is 4.84 Å². The van der Waals surface area contributed by atoms with Crippen molar-refractivity contribution in [3.8, 4) is 11.8 Å². The molecule has 100 valence electrons. The largest absolute Gasteiger partial charge is 0.271 e. The molecule has 1 aromatic rings. The van der Waals surface area contributed by atoms with Gasteiger partial charge in [0.15, 0.2) is 0 Å². The van der Waals surface area contributed by atoms with Crippen LogP contribution in [0.5, 0.6) is 0 Å². The third kappa shape index (κ3) is 4.61. The van der Waals surface area contributed by atoms with Crippen molar-refractivity contribution < 1.29 is 9.63 Å². The lowest BCUT2D eigenvalue weighted by Gasteiger charge is -2.23. The lowest BCUT2D eigenvalue weighted by molar-refractivity contribution is -0.181. The summed E-state index contributed by atoms with van der Waals surface area (Å²) in [7, 11) is 1.58. The highest BCUT2D eigenvalue weighted by Crippen LogP contribution is 2.17. The van der Waals surface area contributed by atoms with Gasteiger partial charge < -0.3 is 0 Å². The van der Waals surface area contributed by atoms with Gasteiger partial charge in [0.05, 0.1) is 6.61 Å². The number of benzene rings is 1. The zero-order valence-corrected chi connectivity index (χ0v) is 11.6. The maximum Gasteiger partial charge on any atom is 0.263 e. The summed E-state index contributed by atoms with van der Waals surface area (Å²) in [5, 5.41) is 1.21. The van der Waals surface area contributed by atoms with E-state index in [9.17, 15) is 4.79 Å². The number of hydroxylamine groups is 2. The summed E-state index contributed by atoms with van der Waals surface area (Å²) in [5.41, 5.74) is 0.0872. The van der Waals surface area contributed by atoms with E-state index >= 15 is 0 Å². The molecular weight excluding hydrogens is 238 g/mol. The zero-order valence-electron chi connectivity index (χ0n) is 11.6. The van der Waals surface area contributed by atoms with Crippen molar-refractivity contribution >= 4 is 5.91 Å². The Kier molecular flexibility index (Phi) is 5.35. The average molecular weight is 257 g/mol. The lowest BCUT2D eigenvalue weighted by Crippen LogP contribution is -2.37. The lowest BCUT2D eigenvalue weighted by atomic mass is 9.92. The minimum atomic E-state index is -0.800. The van der Waals surface area contributed by atoms with Gasteiger partial charge in [0.25, 0.3) is 5.91 Å². The number of hydrogen-bond donors (Lipinski definition) is 0. The van der Waals surface area contributed by atoms with Crippen molar-refractivity contribution in [3.63, 3.8) is 0 Å². The van der Waals surface area contributed by atoms with Crippen LogP contribution in [0, 0.1) is 17.3 Å². The Morgan fingerprint density at radius 3 is 2.63 bits per heavy atom. The van der Waals surface area contributed by atoms with Gasteiger partial charge >= 0.3 is 0 Å². The van der Waals surface area contributed by atoms with Gasteiger partial charge in [-0.05, 0) is 26.0 Å². The van der Waals surface area contributed by atoms with E-state index in [2.05, 4.69) is 18.4 Å². The van der Waals surface area contributed by atoms with Crippen LogP contribution < -0.4 is 0 Å². The van der Waals surface area contributed by atoms with Crippen molar-refractivity contribution in [1.82, 2.24) is 5.06 Å². The van der Waals surface area contributed by atoms with Crippen molar-refractivity contribution in [3.05, 3.63) is 48.6 Å². The molecule has 0 N–H and O–H groups in total. The topological polar surface area (TPSA) is 29.5 Å². The molecule has 0 aliphatic carbocycles. The highest BCUT2D eigenvalue weighted by atomic mass is 16.7.